The first-order valence-electron chi connectivity index (χ1n) is 6.72. The number of nitrogens with zero attached hydrogens (tertiary/aromatic N) is 2. The highest BCUT2D eigenvalue weighted by Crippen LogP contribution is 2.24. The van der Waals surface area contributed by atoms with Gasteiger partial charge in [0.2, 0.25) is 0 Å². The van der Waals surface area contributed by atoms with Gasteiger partial charge in [-0.3, -0.25) is 4.68 Å². The molecule has 0 fully saturated rings. The largest absolute Gasteiger partial charge is 0.465 e. The van der Waals surface area contributed by atoms with Gasteiger partial charge in [0.05, 0.1) is 29.9 Å². The van der Waals surface area contributed by atoms with Crippen molar-refractivity contribution in [3.8, 4) is 0 Å². The second kappa shape index (κ2) is 6.63. The summed E-state index contributed by atoms with van der Waals surface area (Å²) in [5.41, 5.74) is 2.23. The Balaban J connectivity index is 2.17. The molecule has 0 saturated heterocycles. The van der Waals surface area contributed by atoms with Crippen LogP contribution >= 0.6 is 11.6 Å². The van der Waals surface area contributed by atoms with Gasteiger partial charge in [-0.25, -0.2) is 4.79 Å². The summed E-state index contributed by atoms with van der Waals surface area (Å²) in [6.45, 7) is 4.90. The van der Waals surface area contributed by atoms with Crippen LogP contribution in [0.1, 0.15) is 35.8 Å². The molecule has 0 spiro atoms. The molecular formula is C15H18ClN3O2. The Kier molecular flexibility index (Phi) is 4.85. The lowest BCUT2D eigenvalue weighted by atomic mass is 10.1. The van der Waals surface area contributed by atoms with Crippen LogP contribution in [0.4, 0.5) is 5.69 Å². The SMILES string of the molecule is CCn1cc(C(C)Nc2ccc(Cl)c(C(=O)OC)c2)cn1. The van der Waals surface area contributed by atoms with Crippen molar-refractivity contribution in [1.29, 1.82) is 0 Å². The number of esters is 1. The number of nitrogens with one attached hydrogen (secondary N) is 1. The molecule has 5 nitrogen and oxygen atoms in total. The minimum atomic E-state index is -0.449. The van der Waals surface area contributed by atoms with Gasteiger partial charge in [-0.15, -0.1) is 0 Å². The molecule has 1 atom stereocenters. The molecule has 1 aromatic heterocycles. The first kappa shape index (κ1) is 15.4. The quantitative estimate of drug-likeness (QED) is 0.859. The highest BCUT2D eigenvalue weighted by atomic mass is 35.5. The van der Waals surface area contributed by atoms with Gasteiger partial charge in [-0.1, -0.05) is 11.6 Å². The zero-order valence-electron chi connectivity index (χ0n) is 12.3. The van der Waals surface area contributed by atoms with E-state index in [0.29, 0.717) is 10.6 Å². The van der Waals surface area contributed by atoms with E-state index in [1.807, 2.05) is 37.0 Å². The Morgan fingerprint density at radius 2 is 2.29 bits per heavy atom. The number of benzene rings is 1. The van der Waals surface area contributed by atoms with E-state index in [1.54, 1.807) is 12.1 Å². The minimum absolute atomic E-state index is 0.0666. The molecule has 0 aliphatic rings. The van der Waals surface area contributed by atoms with Crippen molar-refractivity contribution in [2.75, 3.05) is 12.4 Å². The number of aryl methyl sites for hydroxylation is 1. The average Bonchev–Trinajstić information content (AvgIpc) is 2.97. The summed E-state index contributed by atoms with van der Waals surface area (Å²) in [4.78, 5) is 11.6. The molecule has 0 saturated carbocycles. The lowest BCUT2D eigenvalue weighted by Crippen LogP contribution is -2.08. The number of carbonyl (C=O) groups is 1. The van der Waals surface area contributed by atoms with Crippen molar-refractivity contribution in [2.24, 2.45) is 0 Å². The van der Waals surface area contributed by atoms with Gasteiger partial charge in [0.1, 0.15) is 0 Å². The number of hydrogen-bond donors (Lipinski definition) is 1. The van der Waals surface area contributed by atoms with Crippen molar-refractivity contribution < 1.29 is 9.53 Å². The number of halogens is 1. The monoisotopic (exact) mass is 307 g/mol. The van der Waals surface area contributed by atoms with Gasteiger partial charge in [-0.05, 0) is 32.0 Å². The Morgan fingerprint density at radius 3 is 2.90 bits per heavy atom. The first-order chi connectivity index (χ1) is 10.0. The zero-order chi connectivity index (χ0) is 15.4. The molecule has 0 bridgehead atoms. The van der Waals surface area contributed by atoms with Crippen LogP contribution in [-0.4, -0.2) is 22.9 Å². The summed E-state index contributed by atoms with van der Waals surface area (Å²) in [6, 6.07) is 5.26. The molecule has 0 amide bonds. The topological polar surface area (TPSA) is 56.2 Å². The molecule has 1 heterocycles. The molecule has 0 aliphatic heterocycles. The Labute approximate surface area is 128 Å². The molecule has 2 aromatic rings. The zero-order valence-corrected chi connectivity index (χ0v) is 13.0. The molecule has 21 heavy (non-hydrogen) atoms. The molecule has 0 radical (unpaired) electrons. The van der Waals surface area contributed by atoms with Gasteiger partial charge in [0.15, 0.2) is 0 Å². The van der Waals surface area contributed by atoms with E-state index < -0.39 is 5.97 Å². The van der Waals surface area contributed by atoms with Crippen LogP contribution < -0.4 is 5.32 Å². The third kappa shape index (κ3) is 3.55. The molecule has 6 heteroatoms. The molecule has 0 aliphatic carbocycles. The van der Waals surface area contributed by atoms with Crippen LogP contribution in [0.15, 0.2) is 30.6 Å². The highest BCUT2D eigenvalue weighted by molar-refractivity contribution is 6.33. The van der Waals surface area contributed by atoms with Crippen molar-refractivity contribution in [3.63, 3.8) is 0 Å². The standard InChI is InChI=1S/C15H18ClN3O2/c1-4-19-9-11(8-17-19)10(2)18-12-5-6-14(16)13(7-12)15(20)21-3/h5-10,18H,4H2,1-3H3. The third-order valence-corrected chi connectivity index (χ3v) is 3.56. The summed E-state index contributed by atoms with van der Waals surface area (Å²) in [5.74, 6) is -0.449. The van der Waals surface area contributed by atoms with Crippen LogP contribution in [0.25, 0.3) is 0 Å². The number of anilines is 1. The van der Waals surface area contributed by atoms with Crippen molar-refractivity contribution in [2.45, 2.75) is 26.4 Å². The van der Waals surface area contributed by atoms with Crippen LogP contribution in [0, 0.1) is 0 Å². The van der Waals surface area contributed by atoms with Crippen LogP contribution in [0.3, 0.4) is 0 Å². The Hall–Kier alpha value is -2.01. The lowest BCUT2D eigenvalue weighted by Gasteiger charge is -2.14. The number of hydrogen-bond acceptors (Lipinski definition) is 4. The first-order valence-corrected chi connectivity index (χ1v) is 7.09. The fourth-order valence-electron chi connectivity index (χ4n) is 1.99. The van der Waals surface area contributed by atoms with Crippen LogP contribution in [-0.2, 0) is 11.3 Å². The molecular weight excluding hydrogens is 290 g/mol. The summed E-state index contributed by atoms with van der Waals surface area (Å²) in [5, 5.41) is 7.95. The summed E-state index contributed by atoms with van der Waals surface area (Å²) < 4.78 is 6.59. The van der Waals surface area contributed by atoms with E-state index in [4.69, 9.17) is 16.3 Å². The van der Waals surface area contributed by atoms with E-state index in [-0.39, 0.29) is 6.04 Å². The van der Waals surface area contributed by atoms with Gasteiger partial charge < -0.3 is 10.1 Å². The van der Waals surface area contributed by atoms with Gasteiger partial charge in [0, 0.05) is 24.0 Å². The van der Waals surface area contributed by atoms with E-state index in [0.717, 1.165) is 17.8 Å². The van der Waals surface area contributed by atoms with E-state index in [9.17, 15) is 4.79 Å². The van der Waals surface area contributed by atoms with E-state index in [2.05, 4.69) is 10.4 Å². The molecule has 2 rings (SSSR count). The molecule has 1 aromatic carbocycles. The second-order valence-corrected chi connectivity index (χ2v) is 5.09. The molecule has 112 valence electrons. The normalized spacial score (nSPS) is 12.0. The number of aromatic nitrogens is 2. The van der Waals surface area contributed by atoms with Crippen molar-refractivity contribution >= 4 is 23.3 Å². The predicted molar refractivity (Wildman–Crippen MR) is 82.7 cm³/mol. The Bertz CT molecular complexity index is 640. The fraction of sp³-hybridized carbons (Fsp3) is 0.333. The maximum atomic E-state index is 11.6. The van der Waals surface area contributed by atoms with E-state index >= 15 is 0 Å². The van der Waals surface area contributed by atoms with E-state index in [1.165, 1.54) is 7.11 Å². The van der Waals surface area contributed by atoms with Gasteiger partial charge in [0.25, 0.3) is 0 Å². The average molecular weight is 308 g/mol. The minimum Gasteiger partial charge on any atom is -0.465 e. The number of rotatable bonds is 5. The number of ether oxygens (including phenoxy) is 1. The van der Waals surface area contributed by atoms with Crippen LogP contribution in [0.2, 0.25) is 5.02 Å². The smallest absolute Gasteiger partial charge is 0.339 e. The summed E-state index contributed by atoms with van der Waals surface area (Å²) in [7, 11) is 1.33. The number of methoxy groups -OCH3 is 1. The van der Waals surface area contributed by atoms with Crippen LogP contribution in [0.5, 0.6) is 0 Å². The number of carbonyl (C=O) groups excluding carboxylic acids is 1. The second-order valence-electron chi connectivity index (χ2n) is 4.68. The van der Waals surface area contributed by atoms with Gasteiger partial charge in [-0.2, -0.15) is 5.10 Å². The summed E-state index contributed by atoms with van der Waals surface area (Å²) in [6.07, 6.45) is 3.83. The van der Waals surface area contributed by atoms with Crippen molar-refractivity contribution in [1.82, 2.24) is 9.78 Å². The van der Waals surface area contributed by atoms with Gasteiger partial charge >= 0.3 is 5.97 Å². The fourth-order valence-corrected chi connectivity index (χ4v) is 2.19. The maximum absolute atomic E-state index is 11.6. The maximum Gasteiger partial charge on any atom is 0.339 e. The summed E-state index contributed by atoms with van der Waals surface area (Å²) >= 11 is 6.00. The Morgan fingerprint density at radius 1 is 1.52 bits per heavy atom. The van der Waals surface area contributed by atoms with Crippen molar-refractivity contribution in [3.05, 3.63) is 46.7 Å². The third-order valence-electron chi connectivity index (χ3n) is 3.23. The molecule has 1 N–H and O–H groups in total. The highest BCUT2D eigenvalue weighted by Gasteiger charge is 2.13. The molecule has 1 unspecified atom stereocenters. The lowest BCUT2D eigenvalue weighted by molar-refractivity contribution is 0.0601. The predicted octanol–water partition coefficient (Wildman–Crippen LogP) is 3.52.